The fraction of sp³-hybridized carbons (Fsp3) is 0.192. The third kappa shape index (κ3) is 3.68. The summed E-state index contributed by atoms with van der Waals surface area (Å²) < 4.78 is 8.52. The topological polar surface area (TPSA) is 46.5 Å². The minimum Gasteiger partial charge on any atom is -0.440 e. The molecule has 1 aliphatic rings. The van der Waals surface area contributed by atoms with Crippen LogP contribution in [0.25, 0.3) is 16.6 Å². The maximum absolute atomic E-state index is 13.7. The SMILES string of the molecule is Cc1cccc(Oc2c(C(=O)N3CCNCC3)c3ccccc3n2-c2ccccc2)c1. The lowest BCUT2D eigenvalue weighted by atomic mass is 10.1. The third-order valence-electron chi connectivity index (χ3n) is 5.67. The number of carbonyl (C=O) groups is 1. The maximum Gasteiger partial charge on any atom is 0.260 e. The Morgan fingerprint density at radius 3 is 2.42 bits per heavy atom. The molecule has 1 aromatic heterocycles. The Kier molecular flexibility index (Phi) is 5.18. The molecule has 156 valence electrons. The van der Waals surface area contributed by atoms with E-state index in [9.17, 15) is 4.79 Å². The molecule has 1 amide bonds. The number of benzene rings is 3. The van der Waals surface area contributed by atoms with Gasteiger partial charge in [-0.3, -0.25) is 9.36 Å². The highest BCUT2D eigenvalue weighted by Gasteiger charge is 2.29. The first-order chi connectivity index (χ1) is 15.2. The number of para-hydroxylation sites is 2. The zero-order chi connectivity index (χ0) is 21.2. The number of aromatic nitrogens is 1. The van der Waals surface area contributed by atoms with E-state index in [-0.39, 0.29) is 5.91 Å². The first kappa shape index (κ1) is 19.4. The number of nitrogens with one attached hydrogen (secondary N) is 1. The molecule has 0 aliphatic carbocycles. The number of carbonyl (C=O) groups excluding carboxylic acids is 1. The number of amides is 1. The van der Waals surface area contributed by atoms with Crippen LogP contribution in [0.5, 0.6) is 11.6 Å². The zero-order valence-electron chi connectivity index (χ0n) is 17.5. The van der Waals surface area contributed by atoms with Crippen molar-refractivity contribution in [2.75, 3.05) is 26.2 Å². The molecule has 31 heavy (non-hydrogen) atoms. The molecule has 4 aromatic rings. The van der Waals surface area contributed by atoms with Crippen molar-refractivity contribution in [3.8, 4) is 17.3 Å². The van der Waals surface area contributed by atoms with Gasteiger partial charge in [-0.15, -0.1) is 0 Å². The minimum atomic E-state index is 0.00929. The fourth-order valence-electron chi connectivity index (χ4n) is 4.17. The van der Waals surface area contributed by atoms with Crippen LogP contribution in [0.1, 0.15) is 15.9 Å². The molecule has 0 atom stereocenters. The van der Waals surface area contributed by atoms with Gasteiger partial charge in [-0.1, -0.05) is 48.5 Å². The summed E-state index contributed by atoms with van der Waals surface area (Å²) in [6.07, 6.45) is 0. The quantitative estimate of drug-likeness (QED) is 0.526. The smallest absolute Gasteiger partial charge is 0.260 e. The van der Waals surface area contributed by atoms with Crippen LogP contribution < -0.4 is 10.1 Å². The molecule has 1 fully saturated rings. The molecular weight excluding hydrogens is 386 g/mol. The minimum absolute atomic E-state index is 0.00929. The number of nitrogens with zero attached hydrogens (tertiary/aromatic N) is 2. The highest BCUT2D eigenvalue weighted by atomic mass is 16.5. The second kappa shape index (κ2) is 8.28. The Bertz CT molecular complexity index is 1220. The fourth-order valence-corrected chi connectivity index (χ4v) is 4.17. The van der Waals surface area contributed by atoms with Crippen molar-refractivity contribution < 1.29 is 9.53 Å². The number of ether oxygens (including phenoxy) is 1. The van der Waals surface area contributed by atoms with E-state index in [0.717, 1.165) is 35.2 Å². The number of aryl methyl sites for hydroxylation is 1. The molecule has 5 nitrogen and oxygen atoms in total. The lowest BCUT2D eigenvalue weighted by Gasteiger charge is -2.27. The van der Waals surface area contributed by atoms with Gasteiger partial charge in [0.05, 0.1) is 5.52 Å². The molecule has 3 aromatic carbocycles. The summed E-state index contributed by atoms with van der Waals surface area (Å²) in [5, 5.41) is 4.22. The second-order valence-electron chi connectivity index (χ2n) is 7.83. The summed E-state index contributed by atoms with van der Waals surface area (Å²) in [6.45, 7) is 5.02. The van der Waals surface area contributed by atoms with Gasteiger partial charge in [-0.05, 0) is 42.8 Å². The highest BCUT2D eigenvalue weighted by Crippen LogP contribution is 2.38. The van der Waals surface area contributed by atoms with E-state index < -0.39 is 0 Å². The van der Waals surface area contributed by atoms with E-state index in [1.54, 1.807) is 0 Å². The lowest BCUT2D eigenvalue weighted by molar-refractivity contribution is 0.0735. The van der Waals surface area contributed by atoms with Crippen LogP contribution in [-0.4, -0.2) is 41.6 Å². The molecule has 1 saturated heterocycles. The number of hydrogen-bond acceptors (Lipinski definition) is 3. The Balaban J connectivity index is 1.75. The van der Waals surface area contributed by atoms with Crippen LogP contribution in [0.15, 0.2) is 78.9 Å². The first-order valence-corrected chi connectivity index (χ1v) is 10.7. The van der Waals surface area contributed by atoms with Gasteiger partial charge in [0.25, 0.3) is 5.91 Å². The summed E-state index contributed by atoms with van der Waals surface area (Å²) in [4.78, 5) is 15.7. The zero-order valence-corrected chi connectivity index (χ0v) is 17.5. The van der Waals surface area contributed by atoms with Crippen LogP contribution in [0.3, 0.4) is 0 Å². The Hall–Kier alpha value is -3.57. The molecule has 1 N–H and O–H groups in total. The van der Waals surface area contributed by atoms with E-state index in [1.165, 1.54) is 0 Å². The van der Waals surface area contributed by atoms with E-state index in [2.05, 4.69) is 5.32 Å². The van der Waals surface area contributed by atoms with Crippen LogP contribution >= 0.6 is 0 Å². The Labute approximate surface area is 181 Å². The lowest BCUT2D eigenvalue weighted by Crippen LogP contribution is -2.46. The molecular formula is C26H25N3O2. The van der Waals surface area contributed by atoms with E-state index in [4.69, 9.17) is 4.74 Å². The Morgan fingerprint density at radius 1 is 0.903 bits per heavy atom. The number of rotatable bonds is 4. The molecule has 0 unspecified atom stereocenters. The Morgan fingerprint density at radius 2 is 1.65 bits per heavy atom. The monoisotopic (exact) mass is 411 g/mol. The predicted molar refractivity (Wildman–Crippen MR) is 123 cm³/mol. The van der Waals surface area contributed by atoms with Crippen LogP contribution in [-0.2, 0) is 0 Å². The molecule has 2 heterocycles. The largest absolute Gasteiger partial charge is 0.440 e. The van der Waals surface area contributed by atoms with Gasteiger partial charge in [0.2, 0.25) is 5.88 Å². The van der Waals surface area contributed by atoms with Crippen LogP contribution in [0.4, 0.5) is 0 Å². The van der Waals surface area contributed by atoms with Crippen LogP contribution in [0.2, 0.25) is 0 Å². The van der Waals surface area contributed by atoms with Gasteiger partial charge in [0, 0.05) is 37.3 Å². The summed E-state index contributed by atoms with van der Waals surface area (Å²) in [5.41, 5.74) is 3.63. The summed E-state index contributed by atoms with van der Waals surface area (Å²) in [6, 6.07) is 26.0. The van der Waals surface area contributed by atoms with Gasteiger partial charge >= 0.3 is 0 Å². The van der Waals surface area contributed by atoms with Crippen molar-refractivity contribution in [3.05, 3.63) is 90.0 Å². The van der Waals surface area contributed by atoms with Crippen molar-refractivity contribution in [2.45, 2.75) is 6.92 Å². The summed E-state index contributed by atoms with van der Waals surface area (Å²) in [5.74, 6) is 1.28. The average molecular weight is 412 g/mol. The maximum atomic E-state index is 13.7. The first-order valence-electron chi connectivity index (χ1n) is 10.7. The van der Waals surface area contributed by atoms with Crippen LogP contribution in [0, 0.1) is 6.92 Å². The van der Waals surface area contributed by atoms with E-state index in [0.29, 0.717) is 30.3 Å². The van der Waals surface area contributed by atoms with E-state index in [1.807, 2.05) is 95.3 Å². The van der Waals surface area contributed by atoms with Crippen molar-refractivity contribution in [2.24, 2.45) is 0 Å². The van der Waals surface area contributed by atoms with E-state index >= 15 is 0 Å². The third-order valence-corrected chi connectivity index (χ3v) is 5.67. The molecule has 1 aliphatic heterocycles. The van der Waals surface area contributed by atoms with Gasteiger partial charge in [-0.2, -0.15) is 0 Å². The molecule has 0 saturated carbocycles. The molecule has 5 rings (SSSR count). The standard InChI is InChI=1S/C26H25N3O2/c1-19-8-7-11-21(18-19)31-26-24(25(30)28-16-14-27-15-17-28)22-12-5-6-13-23(22)29(26)20-9-3-2-4-10-20/h2-13,18,27H,14-17H2,1H3. The number of fused-ring (bicyclic) bond motifs is 1. The number of piperazine rings is 1. The predicted octanol–water partition coefficient (Wildman–Crippen LogP) is 4.78. The summed E-state index contributed by atoms with van der Waals surface area (Å²) >= 11 is 0. The molecule has 0 bridgehead atoms. The summed E-state index contributed by atoms with van der Waals surface area (Å²) in [7, 11) is 0. The van der Waals surface area contributed by atoms with Crippen molar-refractivity contribution >= 4 is 16.8 Å². The van der Waals surface area contributed by atoms with Gasteiger partial charge < -0.3 is 15.0 Å². The molecule has 5 heteroatoms. The molecule has 0 spiro atoms. The van der Waals surface area contributed by atoms with Gasteiger partial charge in [0.15, 0.2) is 0 Å². The molecule has 0 radical (unpaired) electrons. The van der Waals surface area contributed by atoms with Gasteiger partial charge in [0.1, 0.15) is 11.3 Å². The normalized spacial score (nSPS) is 14.0. The van der Waals surface area contributed by atoms with Gasteiger partial charge in [-0.25, -0.2) is 0 Å². The van der Waals surface area contributed by atoms with Crippen molar-refractivity contribution in [3.63, 3.8) is 0 Å². The second-order valence-corrected chi connectivity index (χ2v) is 7.83. The number of hydrogen-bond donors (Lipinski definition) is 1. The highest BCUT2D eigenvalue weighted by molar-refractivity contribution is 6.10. The van der Waals surface area contributed by atoms with Crippen molar-refractivity contribution in [1.29, 1.82) is 0 Å². The van der Waals surface area contributed by atoms with Crippen molar-refractivity contribution in [1.82, 2.24) is 14.8 Å². The average Bonchev–Trinajstić information content (AvgIpc) is 3.13.